The second-order valence-corrected chi connectivity index (χ2v) is 8.03. The van der Waals surface area contributed by atoms with E-state index >= 15 is 0 Å². The predicted octanol–water partition coefficient (Wildman–Crippen LogP) is 6.98. The molecule has 0 aromatic rings. The summed E-state index contributed by atoms with van der Waals surface area (Å²) in [6, 6.07) is 0. The van der Waals surface area contributed by atoms with Crippen molar-refractivity contribution in [3.8, 4) is 0 Å². The van der Waals surface area contributed by atoms with Crippen molar-refractivity contribution in [3.05, 3.63) is 0 Å². The Morgan fingerprint density at radius 2 is 1.20 bits per heavy atom. The summed E-state index contributed by atoms with van der Waals surface area (Å²) in [5.41, 5.74) is 0.751. The van der Waals surface area contributed by atoms with E-state index in [-0.39, 0.29) is 0 Å². The van der Waals surface area contributed by atoms with Gasteiger partial charge in [-0.15, -0.1) is 0 Å². The van der Waals surface area contributed by atoms with E-state index in [1.807, 2.05) is 0 Å². The average molecular weight is 279 g/mol. The number of hydrogen-bond acceptors (Lipinski definition) is 0. The summed E-state index contributed by atoms with van der Waals surface area (Å²) in [5.74, 6) is 3.25. The van der Waals surface area contributed by atoms with Gasteiger partial charge in [-0.1, -0.05) is 52.9 Å². The monoisotopic (exact) mass is 278 g/mol. The lowest BCUT2D eigenvalue weighted by molar-refractivity contribution is 0.0777. The molecular formula is C20H38. The SMILES string of the molecule is CCCC1(CCC)CCC(C2CCC(CC)CC2)CC1. The molecular weight excluding hydrogens is 240 g/mol. The van der Waals surface area contributed by atoms with Crippen LogP contribution in [0.25, 0.3) is 0 Å². The highest BCUT2D eigenvalue weighted by molar-refractivity contribution is 4.88. The molecule has 0 aromatic heterocycles. The summed E-state index contributed by atoms with van der Waals surface area (Å²) in [4.78, 5) is 0. The molecule has 0 unspecified atom stereocenters. The van der Waals surface area contributed by atoms with Crippen LogP contribution in [0.2, 0.25) is 0 Å². The molecule has 0 N–H and O–H groups in total. The first kappa shape index (κ1) is 16.4. The van der Waals surface area contributed by atoms with Crippen LogP contribution in [0.4, 0.5) is 0 Å². The lowest BCUT2D eigenvalue weighted by atomic mass is 9.62. The molecule has 0 atom stereocenters. The number of rotatable bonds is 6. The Morgan fingerprint density at radius 3 is 1.65 bits per heavy atom. The molecule has 2 aliphatic carbocycles. The molecule has 0 heterocycles. The maximum Gasteiger partial charge on any atom is -0.0297 e. The zero-order valence-corrected chi connectivity index (χ0v) is 14.4. The predicted molar refractivity (Wildman–Crippen MR) is 89.9 cm³/mol. The van der Waals surface area contributed by atoms with E-state index in [1.54, 1.807) is 38.5 Å². The van der Waals surface area contributed by atoms with Gasteiger partial charge in [0, 0.05) is 0 Å². The highest BCUT2D eigenvalue weighted by Gasteiger charge is 2.37. The minimum Gasteiger partial charge on any atom is -0.0654 e. The Kier molecular flexibility index (Phi) is 6.43. The Bertz CT molecular complexity index is 243. The van der Waals surface area contributed by atoms with Crippen molar-refractivity contribution >= 4 is 0 Å². The Balaban J connectivity index is 1.81. The molecule has 2 fully saturated rings. The first-order valence-electron chi connectivity index (χ1n) is 9.73. The van der Waals surface area contributed by atoms with Gasteiger partial charge < -0.3 is 0 Å². The molecule has 0 nitrogen and oxygen atoms in total. The number of hydrogen-bond donors (Lipinski definition) is 0. The van der Waals surface area contributed by atoms with Crippen LogP contribution in [0.5, 0.6) is 0 Å². The minimum atomic E-state index is 0.751. The molecule has 0 aromatic carbocycles. The summed E-state index contributed by atoms with van der Waals surface area (Å²) < 4.78 is 0. The van der Waals surface area contributed by atoms with Crippen LogP contribution in [0.3, 0.4) is 0 Å². The zero-order valence-electron chi connectivity index (χ0n) is 14.4. The molecule has 0 radical (unpaired) electrons. The lowest BCUT2D eigenvalue weighted by Crippen LogP contribution is -2.31. The zero-order chi connectivity index (χ0) is 14.4. The topological polar surface area (TPSA) is 0 Å². The van der Waals surface area contributed by atoms with Crippen molar-refractivity contribution in [3.63, 3.8) is 0 Å². The van der Waals surface area contributed by atoms with E-state index in [9.17, 15) is 0 Å². The van der Waals surface area contributed by atoms with Gasteiger partial charge in [-0.25, -0.2) is 0 Å². The smallest absolute Gasteiger partial charge is 0.0297 e. The fourth-order valence-electron chi connectivity index (χ4n) is 5.48. The van der Waals surface area contributed by atoms with Crippen molar-refractivity contribution in [2.45, 2.75) is 104 Å². The van der Waals surface area contributed by atoms with E-state index in [0.717, 1.165) is 23.2 Å². The second-order valence-electron chi connectivity index (χ2n) is 8.03. The van der Waals surface area contributed by atoms with Crippen LogP contribution in [-0.4, -0.2) is 0 Å². The van der Waals surface area contributed by atoms with E-state index in [2.05, 4.69) is 20.8 Å². The van der Waals surface area contributed by atoms with E-state index in [1.165, 1.54) is 44.9 Å². The van der Waals surface area contributed by atoms with Gasteiger partial charge in [0.25, 0.3) is 0 Å². The van der Waals surface area contributed by atoms with Crippen molar-refractivity contribution in [2.24, 2.45) is 23.2 Å². The quantitative estimate of drug-likeness (QED) is 0.491. The summed E-state index contributed by atoms with van der Waals surface area (Å²) >= 11 is 0. The fraction of sp³-hybridized carbons (Fsp3) is 1.00. The highest BCUT2D eigenvalue weighted by Crippen LogP contribution is 2.49. The third kappa shape index (κ3) is 4.01. The van der Waals surface area contributed by atoms with Crippen LogP contribution < -0.4 is 0 Å². The average Bonchev–Trinajstić information content (AvgIpc) is 2.49. The van der Waals surface area contributed by atoms with Crippen molar-refractivity contribution in [1.29, 1.82) is 0 Å². The van der Waals surface area contributed by atoms with Gasteiger partial charge in [-0.2, -0.15) is 0 Å². The molecule has 0 saturated heterocycles. The first-order valence-corrected chi connectivity index (χ1v) is 9.73. The summed E-state index contributed by atoms with van der Waals surface area (Å²) in [5, 5.41) is 0. The first-order chi connectivity index (χ1) is 9.73. The lowest BCUT2D eigenvalue weighted by Gasteiger charge is -2.44. The normalized spacial score (nSPS) is 31.4. The molecule has 0 amide bonds. The molecule has 2 rings (SSSR count). The van der Waals surface area contributed by atoms with Gasteiger partial charge in [0.2, 0.25) is 0 Å². The van der Waals surface area contributed by atoms with Crippen molar-refractivity contribution < 1.29 is 0 Å². The van der Waals surface area contributed by atoms with Gasteiger partial charge in [0.15, 0.2) is 0 Å². The molecule has 2 aliphatic rings. The van der Waals surface area contributed by atoms with Crippen LogP contribution in [0, 0.1) is 23.2 Å². The van der Waals surface area contributed by atoms with Gasteiger partial charge in [-0.3, -0.25) is 0 Å². The van der Waals surface area contributed by atoms with E-state index < -0.39 is 0 Å². The maximum atomic E-state index is 2.38. The highest BCUT2D eigenvalue weighted by atomic mass is 14.4. The van der Waals surface area contributed by atoms with Gasteiger partial charge in [-0.05, 0) is 74.5 Å². The van der Waals surface area contributed by atoms with Crippen LogP contribution in [0.15, 0.2) is 0 Å². The molecule has 0 bridgehead atoms. The Hall–Kier alpha value is 0. The largest absolute Gasteiger partial charge is 0.0654 e. The van der Waals surface area contributed by atoms with Crippen LogP contribution in [0.1, 0.15) is 104 Å². The van der Waals surface area contributed by atoms with Crippen molar-refractivity contribution in [1.82, 2.24) is 0 Å². The van der Waals surface area contributed by atoms with Gasteiger partial charge >= 0.3 is 0 Å². The Morgan fingerprint density at radius 1 is 0.700 bits per heavy atom. The fourth-order valence-corrected chi connectivity index (χ4v) is 5.48. The maximum absolute atomic E-state index is 2.38. The third-order valence-electron chi connectivity index (χ3n) is 6.79. The minimum absolute atomic E-state index is 0.751. The summed E-state index contributed by atoms with van der Waals surface area (Å²) in [7, 11) is 0. The third-order valence-corrected chi connectivity index (χ3v) is 6.79. The van der Waals surface area contributed by atoms with Gasteiger partial charge in [0.05, 0.1) is 0 Å². The van der Waals surface area contributed by atoms with Crippen molar-refractivity contribution in [2.75, 3.05) is 0 Å². The van der Waals surface area contributed by atoms with E-state index in [0.29, 0.717) is 0 Å². The van der Waals surface area contributed by atoms with Crippen LogP contribution >= 0.6 is 0 Å². The molecule has 118 valence electrons. The molecule has 2 saturated carbocycles. The Labute approximate surface area is 128 Å². The standard InChI is InChI=1S/C20H38/c1-4-13-20(14-5-2)15-11-19(12-16-20)18-9-7-17(6-3)8-10-18/h17-19H,4-16H2,1-3H3. The van der Waals surface area contributed by atoms with Crippen LogP contribution in [-0.2, 0) is 0 Å². The van der Waals surface area contributed by atoms with Gasteiger partial charge in [0.1, 0.15) is 0 Å². The molecule has 0 aliphatic heterocycles. The second kappa shape index (κ2) is 7.85. The molecule has 0 heteroatoms. The van der Waals surface area contributed by atoms with E-state index in [4.69, 9.17) is 0 Å². The molecule has 0 spiro atoms. The molecule has 20 heavy (non-hydrogen) atoms. The summed E-state index contributed by atoms with van der Waals surface area (Å²) in [6.07, 6.45) is 19.6. The summed E-state index contributed by atoms with van der Waals surface area (Å²) in [6.45, 7) is 7.15.